The molecule has 114 valence electrons. The van der Waals surface area contributed by atoms with Crippen LogP contribution >= 0.6 is 0 Å². The van der Waals surface area contributed by atoms with Crippen LogP contribution < -0.4 is 10.0 Å². The van der Waals surface area contributed by atoms with Gasteiger partial charge in [0.25, 0.3) is 0 Å². The minimum atomic E-state index is -3.54. The number of nitrogens with zero attached hydrogens (tertiary/aromatic N) is 2. The van der Waals surface area contributed by atoms with Crippen molar-refractivity contribution < 1.29 is 8.42 Å². The van der Waals surface area contributed by atoms with Crippen molar-refractivity contribution in [2.75, 3.05) is 6.54 Å². The largest absolute Gasteiger partial charge is 0.313 e. The number of aromatic nitrogens is 2. The molecule has 0 aliphatic rings. The summed E-state index contributed by atoms with van der Waals surface area (Å²) < 4.78 is 29.1. The average Bonchev–Trinajstić information content (AvgIpc) is 2.89. The zero-order valence-corrected chi connectivity index (χ0v) is 13.0. The number of nitrogens with one attached hydrogen (secondary N) is 2. The summed E-state index contributed by atoms with van der Waals surface area (Å²) in [6.45, 7) is 3.53. The molecule has 0 spiro atoms. The quantitative estimate of drug-likeness (QED) is 0.800. The molecule has 0 bridgehead atoms. The molecule has 0 radical (unpaired) electrons. The molecular formula is C14H20N4O2S. The van der Waals surface area contributed by atoms with E-state index in [-0.39, 0.29) is 6.54 Å². The number of hydrogen-bond donors (Lipinski definition) is 2. The summed E-state index contributed by atoms with van der Waals surface area (Å²) in [5.74, 6) is 0. The summed E-state index contributed by atoms with van der Waals surface area (Å²) in [7, 11) is -1.74. The molecule has 1 heterocycles. The lowest BCUT2D eigenvalue weighted by Crippen LogP contribution is -2.25. The standard InChI is InChI=1S/C14H20N4O2S/c1-3-15-10-13-6-4-5-7-14(13)21(19,20)17-9-12-8-16-18(2)11-12/h4-8,11,15,17H,3,9-10H2,1-2H3. The minimum absolute atomic E-state index is 0.228. The highest BCUT2D eigenvalue weighted by Crippen LogP contribution is 2.15. The second-order valence-electron chi connectivity index (χ2n) is 4.73. The van der Waals surface area contributed by atoms with Gasteiger partial charge in [-0.1, -0.05) is 25.1 Å². The first-order chi connectivity index (χ1) is 10.0. The van der Waals surface area contributed by atoms with Gasteiger partial charge in [0, 0.05) is 31.9 Å². The zero-order valence-electron chi connectivity index (χ0n) is 12.2. The Morgan fingerprint density at radius 2 is 2.00 bits per heavy atom. The molecule has 0 amide bonds. The monoisotopic (exact) mass is 308 g/mol. The van der Waals surface area contributed by atoms with E-state index in [9.17, 15) is 8.42 Å². The maximum atomic E-state index is 12.4. The van der Waals surface area contributed by atoms with Crippen molar-refractivity contribution in [2.24, 2.45) is 7.05 Å². The van der Waals surface area contributed by atoms with Crippen molar-refractivity contribution in [3.05, 3.63) is 47.8 Å². The number of rotatable bonds is 7. The van der Waals surface area contributed by atoms with Gasteiger partial charge in [0.05, 0.1) is 11.1 Å². The van der Waals surface area contributed by atoms with Gasteiger partial charge in [0.15, 0.2) is 0 Å². The third-order valence-electron chi connectivity index (χ3n) is 3.05. The molecule has 2 rings (SSSR count). The fraction of sp³-hybridized carbons (Fsp3) is 0.357. The molecule has 0 unspecified atom stereocenters. The Morgan fingerprint density at radius 3 is 2.67 bits per heavy atom. The fourth-order valence-electron chi connectivity index (χ4n) is 1.99. The first kappa shape index (κ1) is 15.7. The van der Waals surface area contributed by atoms with Gasteiger partial charge < -0.3 is 5.32 Å². The maximum absolute atomic E-state index is 12.4. The van der Waals surface area contributed by atoms with Crippen LogP contribution in [0, 0.1) is 0 Å². The van der Waals surface area contributed by atoms with Gasteiger partial charge in [-0.15, -0.1) is 0 Å². The molecule has 1 aromatic carbocycles. The lowest BCUT2D eigenvalue weighted by atomic mass is 10.2. The molecule has 0 fully saturated rings. The lowest BCUT2D eigenvalue weighted by Gasteiger charge is -2.11. The average molecular weight is 308 g/mol. The highest BCUT2D eigenvalue weighted by molar-refractivity contribution is 7.89. The van der Waals surface area contributed by atoms with E-state index in [1.54, 1.807) is 36.3 Å². The smallest absolute Gasteiger partial charge is 0.241 e. The summed E-state index contributed by atoms with van der Waals surface area (Å²) >= 11 is 0. The number of benzene rings is 1. The predicted octanol–water partition coefficient (Wildman–Crippen LogP) is 1.01. The van der Waals surface area contributed by atoms with Crippen molar-refractivity contribution >= 4 is 10.0 Å². The molecule has 0 aliphatic carbocycles. The summed E-state index contributed by atoms with van der Waals surface area (Å²) in [4.78, 5) is 0.315. The second kappa shape index (κ2) is 6.84. The molecule has 0 atom stereocenters. The van der Waals surface area contributed by atoms with E-state index in [2.05, 4.69) is 15.1 Å². The number of sulfonamides is 1. The Balaban J connectivity index is 2.15. The van der Waals surface area contributed by atoms with Crippen molar-refractivity contribution in [1.29, 1.82) is 0 Å². The normalized spacial score (nSPS) is 11.7. The SMILES string of the molecule is CCNCc1ccccc1S(=O)(=O)NCc1cnn(C)c1. The predicted molar refractivity (Wildman–Crippen MR) is 81.1 cm³/mol. The van der Waals surface area contributed by atoms with Crippen molar-refractivity contribution in [1.82, 2.24) is 19.8 Å². The maximum Gasteiger partial charge on any atom is 0.241 e. The molecule has 21 heavy (non-hydrogen) atoms. The third kappa shape index (κ3) is 4.13. The minimum Gasteiger partial charge on any atom is -0.313 e. The highest BCUT2D eigenvalue weighted by atomic mass is 32.2. The molecule has 1 aromatic heterocycles. The molecule has 0 aliphatic heterocycles. The summed E-state index contributed by atoms with van der Waals surface area (Å²) in [6, 6.07) is 7.01. The first-order valence-electron chi connectivity index (χ1n) is 6.78. The van der Waals surface area contributed by atoms with E-state index in [4.69, 9.17) is 0 Å². The Morgan fingerprint density at radius 1 is 1.24 bits per heavy atom. The van der Waals surface area contributed by atoms with Crippen molar-refractivity contribution in [3.8, 4) is 0 Å². The molecule has 2 aromatic rings. The Hall–Kier alpha value is -1.70. The Bertz CT molecular complexity index is 695. The van der Waals surface area contributed by atoms with Crippen LogP contribution in [0.5, 0.6) is 0 Å². The number of hydrogen-bond acceptors (Lipinski definition) is 4. The first-order valence-corrected chi connectivity index (χ1v) is 8.27. The third-order valence-corrected chi connectivity index (χ3v) is 4.55. The van der Waals surface area contributed by atoms with E-state index in [0.29, 0.717) is 11.4 Å². The summed E-state index contributed by atoms with van der Waals surface area (Å²) in [5, 5.41) is 7.17. The summed E-state index contributed by atoms with van der Waals surface area (Å²) in [5.41, 5.74) is 1.59. The van der Waals surface area contributed by atoms with Gasteiger partial charge in [-0.05, 0) is 18.2 Å². The van der Waals surface area contributed by atoms with Gasteiger partial charge >= 0.3 is 0 Å². The Labute approximate surface area is 125 Å². The van der Waals surface area contributed by atoms with Gasteiger partial charge in [-0.25, -0.2) is 13.1 Å². The van der Waals surface area contributed by atoms with E-state index in [1.807, 2.05) is 19.1 Å². The molecule has 0 saturated carbocycles. The van der Waals surface area contributed by atoms with Crippen LogP contribution in [0.15, 0.2) is 41.6 Å². The van der Waals surface area contributed by atoms with Crippen LogP contribution in [0.25, 0.3) is 0 Å². The van der Waals surface area contributed by atoms with Crippen LogP contribution in [-0.2, 0) is 30.2 Å². The van der Waals surface area contributed by atoms with Crippen molar-refractivity contribution in [2.45, 2.75) is 24.9 Å². The van der Waals surface area contributed by atoms with Gasteiger partial charge in [0.1, 0.15) is 0 Å². The van der Waals surface area contributed by atoms with E-state index < -0.39 is 10.0 Å². The lowest BCUT2D eigenvalue weighted by molar-refractivity contribution is 0.578. The molecule has 6 nitrogen and oxygen atoms in total. The van der Waals surface area contributed by atoms with Crippen LogP contribution in [0.1, 0.15) is 18.1 Å². The Kier molecular flexibility index (Phi) is 5.11. The molecule has 2 N–H and O–H groups in total. The molecule has 7 heteroatoms. The van der Waals surface area contributed by atoms with Crippen LogP contribution in [0.3, 0.4) is 0 Å². The second-order valence-corrected chi connectivity index (χ2v) is 6.47. The van der Waals surface area contributed by atoms with Gasteiger partial charge in [-0.2, -0.15) is 5.10 Å². The fourth-order valence-corrected chi connectivity index (χ4v) is 3.25. The van der Waals surface area contributed by atoms with Crippen LogP contribution in [0.2, 0.25) is 0 Å². The topological polar surface area (TPSA) is 76.0 Å². The van der Waals surface area contributed by atoms with Crippen LogP contribution in [0.4, 0.5) is 0 Å². The van der Waals surface area contributed by atoms with Gasteiger partial charge in [0.2, 0.25) is 10.0 Å². The molecular weight excluding hydrogens is 288 g/mol. The van der Waals surface area contributed by atoms with E-state index in [1.165, 1.54) is 0 Å². The van der Waals surface area contributed by atoms with Gasteiger partial charge in [-0.3, -0.25) is 4.68 Å². The van der Waals surface area contributed by atoms with E-state index in [0.717, 1.165) is 17.7 Å². The van der Waals surface area contributed by atoms with Crippen LogP contribution in [-0.4, -0.2) is 24.7 Å². The van der Waals surface area contributed by atoms with Crippen molar-refractivity contribution in [3.63, 3.8) is 0 Å². The van der Waals surface area contributed by atoms with E-state index >= 15 is 0 Å². The summed E-state index contributed by atoms with van der Waals surface area (Å²) in [6.07, 6.45) is 3.43. The highest BCUT2D eigenvalue weighted by Gasteiger charge is 2.17. The zero-order chi connectivity index (χ0) is 15.3. The molecule has 0 saturated heterocycles. The number of aryl methyl sites for hydroxylation is 1.